The van der Waals surface area contributed by atoms with Crippen LogP contribution in [0.5, 0.6) is 5.75 Å². The highest BCUT2D eigenvalue weighted by Gasteiger charge is 2.08. The molecular weight excluding hydrogens is 166 g/mol. The van der Waals surface area contributed by atoms with Crippen molar-refractivity contribution in [2.45, 2.75) is 0 Å². The highest BCUT2D eigenvalue weighted by molar-refractivity contribution is 5.83. The molecule has 2 aromatic rings. The van der Waals surface area contributed by atoms with Crippen molar-refractivity contribution in [2.75, 3.05) is 7.11 Å². The van der Waals surface area contributed by atoms with Gasteiger partial charge in [0.15, 0.2) is 0 Å². The Morgan fingerprint density at radius 1 is 1.54 bits per heavy atom. The van der Waals surface area contributed by atoms with Crippen molar-refractivity contribution in [1.29, 1.82) is 5.26 Å². The third kappa shape index (κ3) is 1.02. The highest BCUT2D eigenvalue weighted by Crippen LogP contribution is 2.24. The van der Waals surface area contributed by atoms with Gasteiger partial charge < -0.3 is 9.72 Å². The first-order chi connectivity index (χ1) is 6.36. The molecule has 0 fully saturated rings. The Morgan fingerprint density at radius 2 is 2.38 bits per heavy atom. The van der Waals surface area contributed by atoms with Crippen LogP contribution in [0.1, 0.15) is 5.56 Å². The Kier molecular flexibility index (Phi) is 1.64. The van der Waals surface area contributed by atoms with Crippen LogP contribution in [0.3, 0.4) is 0 Å². The average molecular weight is 173 g/mol. The topological polar surface area (TPSA) is 61.7 Å². The molecule has 1 N–H and O–H groups in total. The summed E-state index contributed by atoms with van der Waals surface area (Å²) in [5.41, 5.74) is 1.97. The number of rotatable bonds is 1. The highest BCUT2D eigenvalue weighted by atomic mass is 16.5. The van der Waals surface area contributed by atoms with Gasteiger partial charge in [0.2, 0.25) is 0 Å². The molecule has 0 unspecified atom stereocenters. The predicted molar refractivity (Wildman–Crippen MR) is 47.4 cm³/mol. The Labute approximate surface area is 74.8 Å². The first-order valence-corrected chi connectivity index (χ1v) is 3.77. The first-order valence-electron chi connectivity index (χ1n) is 3.77. The van der Waals surface area contributed by atoms with E-state index in [0.717, 1.165) is 5.52 Å². The normalized spacial score (nSPS) is 9.85. The van der Waals surface area contributed by atoms with Gasteiger partial charge in [-0.2, -0.15) is 5.26 Å². The molecule has 0 aliphatic heterocycles. The number of hydrogen-bond donors (Lipinski definition) is 1. The van der Waals surface area contributed by atoms with Gasteiger partial charge in [-0.15, -0.1) is 0 Å². The lowest BCUT2D eigenvalue weighted by Crippen LogP contribution is -1.88. The quantitative estimate of drug-likeness (QED) is 0.709. The van der Waals surface area contributed by atoms with Crippen LogP contribution in [0.2, 0.25) is 0 Å². The number of hydrogen-bond acceptors (Lipinski definition) is 3. The molecule has 0 saturated heterocycles. The summed E-state index contributed by atoms with van der Waals surface area (Å²) in [6.07, 6.45) is 1.56. The summed E-state index contributed by atoms with van der Waals surface area (Å²) in [5, 5.41) is 8.88. The number of nitrogens with one attached hydrogen (secondary N) is 1. The summed E-state index contributed by atoms with van der Waals surface area (Å²) >= 11 is 0. The van der Waals surface area contributed by atoms with Crippen LogP contribution < -0.4 is 4.74 Å². The van der Waals surface area contributed by atoms with Gasteiger partial charge in [0.05, 0.1) is 19.0 Å². The van der Waals surface area contributed by atoms with Crippen LogP contribution in [0, 0.1) is 11.3 Å². The van der Waals surface area contributed by atoms with Crippen molar-refractivity contribution in [3.63, 3.8) is 0 Å². The molecule has 4 heteroatoms. The zero-order valence-corrected chi connectivity index (χ0v) is 7.03. The summed E-state index contributed by atoms with van der Waals surface area (Å²) in [4.78, 5) is 6.97. The van der Waals surface area contributed by atoms with Gasteiger partial charge in [-0.3, -0.25) is 0 Å². The maximum Gasteiger partial charge on any atom is 0.138 e. The smallest absolute Gasteiger partial charge is 0.138 e. The molecule has 0 amide bonds. The minimum atomic E-state index is 0.473. The Bertz CT molecular complexity index is 481. The van der Waals surface area contributed by atoms with E-state index in [-0.39, 0.29) is 0 Å². The molecule has 0 spiro atoms. The first kappa shape index (κ1) is 7.62. The van der Waals surface area contributed by atoms with Gasteiger partial charge >= 0.3 is 0 Å². The van der Waals surface area contributed by atoms with Gasteiger partial charge in [0, 0.05) is 0 Å². The Hall–Kier alpha value is -2.02. The molecule has 0 bridgehead atoms. The van der Waals surface area contributed by atoms with Crippen molar-refractivity contribution in [3.8, 4) is 11.8 Å². The second-order valence-corrected chi connectivity index (χ2v) is 2.55. The number of aromatic amines is 1. The van der Waals surface area contributed by atoms with E-state index in [1.807, 2.05) is 6.07 Å². The molecule has 64 valence electrons. The number of nitriles is 1. The van der Waals surface area contributed by atoms with Gasteiger partial charge in [-0.1, -0.05) is 0 Å². The van der Waals surface area contributed by atoms with Crippen LogP contribution in [0.4, 0.5) is 0 Å². The van der Waals surface area contributed by atoms with E-state index in [9.17, 15) is 0 Å². The summed E-state index contributed by atoms with van der Waals surface area (Å²) in [5.74, 6) is 0.558. The number of nitrogens with zero attached hydrogens (tertiary/aromatic N) is 2. The maximum atomic E-state index is 8.88. The van der Waals surface area contributed by atoms with Crippen molar-refractivity contribution < 1.29 is 4.74 Å². The van der Waals surface area contributed by atoms with E-state index in [4.69, 9.17) is 10.00 Å². The van der Waals surface area contributed by atoms with E-state index in [0.29, 0.717) is 16.8 Å². The van der Waals surface area contributed by atoms with Crippen molar-refractivity contribution >= 4 is 11.0 Å². The molecule has 0 saturated carbocycles. The molecule has 2 rings (SSSR count). The minimum Gasteiger partial charge on any atom is -0.495 e. The second kappa shape index (κ2) is 2.79. The molecule has 1 heterocycles. The predicted octanol–water partition coefficient (Wildman–Crippen LogP) is 1.44. The third-order valence-electron chi connectivity index (χ3n) is 1.89. The van der Waals surface area contributed by atoms with E-state index in [2.05, 4.69) is 16.0 Å². The van der Waals surface area contributed by atoms with E-state index < -0.39 is 0 Å². The summed E-state index contributed by atoms with van der Waals surface area (Å²) in [6.45, 7) is 0. The number of ether oxygens (including phenoxy) is 1. The lowest BCUT2D eigenvalue weighted by molar-refractivity contribution is 0.414. The molecule has 0 atom stereocenters. The Balaban J connectivity index is 2.84. The largest absolute Gasteiger partial charge is 0.495 e. The zero-order chi connectivity index (χ0) is 9.26. The van der Waals surface area contributed by atoms with Crippen LogP contribution in [-0.4, -0.2) is 17.1 Å². The summed E-state index contributed by atoms with van der Waals surface area (Å²) < 4.78 is 5.04. The van der Waals surface area contributed by atoms with E-state index in [1.54, 1.807) is 12.4 Å². The molecule has 1 aromatic carbocycles. The van der Waals surface area contributed by atoms with Crippen molar-refractivity contribution in [2.24, 2.45) is 0 Å². The maximum absolute atomic E-state index is 8.88. The summed E-state index contributed by atoms with van der Waals surface area (Å²) in [6, 6.07) is 5.65. The fraction of sp³-hybridized carbons (Fsp3) is 0.111. The van der Waals surface area contributed by atoms with E-state index in [1.165, 1.54) is 7.11 Å². The van der Waals surface area contributed by atoms with Gasteiger partial charge in [0.25, 0.3) is 0 Å². The van der Waals surface area contributed by atoms with Crippen molar-refractivity contribution in [3.05, 3.63) is 24.0 Å². The second-order valence-electron chi connectivity index (χ2n) is 2.55. The van der Waals surface area contributed by atoms with Crippen LogP contribution >= 0.6 is 0 Å². The lowest BCUT2D eigenvalue weighted by Gasteiger charge is -2.01. The molecule has 0 aliphatic carbocycles. The molecule has 0 aliphatic rings. The molecule has 13 heavy (non-hydrogen) atoms. The zero-order valence-electron chi connectivity index (χ0n) is 7.03. The van der Waals surface area contributed by atoms with Gasteiger partial charge in [-0.05, 0) is 12.1 Å². The monoisotopic (exact) mass is 173 g/mol. The SMILES string of the molecule is COc1ccc2[nH]cnc2c1C#N. The molecule has 1 aromatic heterocycles. The molecular formula is C9H7N3O. The standard InChI is InChI=1S/C9H7N3O/c1-13-8-3-2-7-9(6(8)4-10)12-5-11-7/h2-3,5H,1H3,(H,11,12). The van der Waals surface area contributed by atoms with Gasteiger partial charge in [-0.25, -0.2) is 4.98 Å². The number of imidazole rings is 1. The number of H-pyrrole nitrogens is 1. The number of aromatic nitrogens is 2. The number of benzene rings is 1. The lowest BCUT2D eigenvalue weighted by atomic mass is 10.2. The van der Waals surface area contributed by atoms with Gasteiger partial charge in [0.1, 0.15) is 22.9 Å². The number of methoxy groups -OCH3 is 1. The minimum absolute atomic E-state index is 0.473. The molecule has 0 radical (unpaired) electrons. The van der Waals surface area contributed by atoms with Crippen LogP contribution in [0.15, 0.2) is 18.5 Å². The fourth-order valence-electron chi connectivity index (χ4n) is 1.27. The average Bonchev–Trinajstić information content (AvgIpc) is 2.63. The van der Waals surface area contributed by atoms with Crippen LogP contribution in [0.25, 0.3) is 11.0 Å². The third-order valence-corrected chi connectivity index (χ3v) is 1.89. The Morgan fingerprint density at radius 3 is 3.08 bits per heavy atom. The van der Waals surface area contributed by atoms with Crippen molar-refractivity contribution in [1.82, 2.24) is 9.97 Å². The van der Waals surface area contributed by atoms with Crippen LogP contribution in [-0.2, 0) is 0 Å². The molecule has 4 nitrogen and oxygen atoms in total. The summed E-state index contributed by atoms with van der Waals surface area (Å²) in [7, 11) is 1.54. The van der Waals surface area contributed by atoms with E-state index >= 15 is 0 Å². The number of fused-ring (bicyclic) bond motifs is 1. The fourth-order valence-corrected chi connectivity index (χ4v) is 1.27.